The van der Waals surface area contributed by atoms with Crippen molar-refractivity contribution >= 4 is 21.7 Å². The Morgan fingerprint density at radius 2 is 2.16 bits per heavy atom. The Labute approximate surface area is 120 Å². The Balaban J connectivity index is 2.51. The molecule has 1 aromatic heterocycles. The number of hydrogen-bond donors (Lipinski definition) is 2. The van der Waals surface area contributed by atoms with Gasteiger partial charge < -0.3 is 11.1 Å². The summed E-state index contributed by atoms with van der Waals surface area (Å²) in [5.41, 5.74) is 7.57. The lowest BCUT2D eigenvalue weighted by molar-refractivity contribution is 0.601. The van der Waals surface area contributed by atoms with E-state index >= 15 is 0 Å². The Morgan fingerprint density at radius 1 is 1.37 bits per heavy atom. The summed E-state index contributed by atoms with van der Waals surface area (Å²) in [6, 6.07) is 8.15. The maximum Gasteiger partial charge on any atom is 0.128 e. The van der Waals surface area contributed by atoms with E-state index < -0.39 is 0 Å². The molecular formula is C14H15BrFN3. The summed E-state index contributed by atoms with van der Waals surface area (Å²) < 4.78 is 14.3. The highest BCUT2D eigenvalue weighted by Crippen LogP contribution is 2.31. The van der Waals surface area contributed by atoms with E-state index in [4.69, 9.17) is 5.73 Å². The molecule has 1 atom stereocenters. The third-order valence-corrected chi connectivity index (χ3v) is 3.58. The van der Waals surface area contributed by atoms with Gasteiger partial charge in [0.1, 0.15) is 11.6 Å². The van der Waals surface area contributed by atoms with Gasteiger partial charge in [0.15, 0.2) is 0 Å². The number of pyridine rings is 1. The molecule has 0 fully saturated rings. The molecule has 2 rings (SSSR count). The maximum absolute atomic E-state index is 13.5. The lowest BCUT2D eigenvalue weighted by atomic mass is 9.99. The minimum absolute atomic E-state index is 0.191. The smallest absolute Gasteiger partial charge is 0.128 e. The summed E-state index contributed by atoms with van der Waals surface area (Å²) in [6.45, 7) is 2.73. The van der Waals surface area contributed by atoms with Gasteiger partial charge in [-0.05, 0) is 36.4 Å². The van der Waals surface area contributed by atoms with Crippen LogP contribution in [-0.4, -0.2) is 11.5 Å². The monoisotopic (exact) mass is 323 g/mol. The Morgan fingerprint density at radius 3 is 2.84 bits per heavy atom. The van der Waals surface area contributed by atoms with Crippen LogP contribution < -0.4 is 11.1 Å². The lowest BCUT2D eigenvalue weighted by Crippen LogP contribution is -2.23. The van der Waals surface area contributed by atoms with Crippen molar-refractivity contribution in [1.29, 1.82) is 0 Å². The maximum atomic E-state index is 13.5. The second-order valence-electron chi connectivity index (χ2n) is 4.13. The van der Waals surface area contributed by atoms with E-state index in [1.165, 1.54) is 12.1 Å². The van der Waals surface area contributed by atoms with Crippen LogP contribution in [0.4, 0.5) is 10.2 Å². The van der Waals surface area contributed by atoms with Gasteiger partial charge >= 0.3 is 0 Å². The van der Waals surface area contributed by atoms with Crippen molar-refractivity contribution in [3.05, 3.63) is 57.9 Å². The van der Waals surface area contributed by atoms with Gasteiger partial charge in [0.05, 0.1) is 6.04 Å². The number of nitrogens with zero attached hydrogens (tertiary/aromatic N) is 1. The molecule has 2 aromatic rings. The van der Waals surface area contributed by atoms with Crippen molar-refractivity contribution in [2.45, 2.75) is 13.0 Å². The van der Waals surface area contributed by atoms with Gasteiger partial charge in [-0.15, -0.1) is 0 Å². The summed E-state index contributed by atoms with van der Waals surface area (Å²) in [5, 5.41) is 3.31. The molecule has 0 aliphatic heterocycles. The molecule has 1 aromatic carbocycles. The summed E-state index contributed by atoms with van der Waals surface area (Å²) in [7, 11) is 0. The topological polar surface area (TPSA) is 50.9 Å². The van der Waals surface area contributed by atoms with Crippen LogP contribution in [0, 0.1) is 5.82 Å². The van der Waals surface area contributed by atoms with Gasteiger partial charge in [-0.3, -0.25) is 0 Å². The van der Waals surface area contributed by atoms with E-state index in [1.807, 2.05) is 19.1 Å². The molecule has 0 spiro atoms. The third kappa shape index (κ3) is 3.11. The second kappa shape index (κ2) is 6.12. The predicted molar refractivity (Wildman–Crippen MR) is 78.3 cm³/mol. The number of aromatic nitrogens is 1. The minimum Gasteiger partial charge on any atom is -0.383 e. The van der Waals surface area contributed by atoms with Crippen molar-refractivity contribution in [3.8, 4) is 0 Å². The molecule has 5 heteroatoms. The zero-order valence-electron chi connectivity index (χ0n) is 10.5. The van der Waals surface area contributed by atoms with Gasteiger partial charge in [0.25, 0.3) is 0 Å². The van der Waals surface area contributed by atoms with Gasteiger partial charge in [-0.2, -0.15) is 0 Å². The van der Waals surface area contributed by atoms with Crippen molar-refractivity contribution in [1.82, 2.24) is 10.3 Å². The first-order valence-electron chi connectivity index (χ1n) is 6.02. The van der Waals surface area contributed by atoms with Gasteiger partial charge in [0.2, 0.25) is 0 Å². The molecule has 3 N–H and O–H groups in total. The zero-order chi connectivity index (χ0) is 13.8. The first-order valence-corrected chi connectivity index (χ1v) is 6.81. The number of nitrogens with two attached hydrogens (primary N) is 1. The number of hydrogen-bond acceptors (Lipinski definition) is 3. The molecule has 0 saturated heterocycles. The van der Waals surface area contributed by atoms with E-state index in [0.29, 0.717) is 5.82 Å². The number of benzene rings is 1. The van der Waals surface area contributed by atoms with Gasteiger partial charge in [0, 0.05) is 16.2 Å². The van der Waals surface area contributed by atoms with Gasteiger partial charge in [-0.1, -0.05) is 28.9 Å². The number of halogens is 2. The van der Waals surface area contributed by atoms with E-state index in [0.717, 1.165) is 22.1 Å². The summed E-state index contributed by atoms with van der Waals surface area (Å²) in [4.78, 5) is 4.09. The highest BCUT2D eigenvalue weighted by atomic mass is 79.9. The summed E-state index contributed by atoms with van der Waals surface area (Å²) >= 11 is 3.46. The van der Waals surface area contributed by atoms with Gasteiger partial charge in [-0.25, -0.2) is 9.37 Å². The average molecular weight is 324 g/mol. The molecule has 1 unspecified atom stereocenters. The van der Waals surface area contributed by atoms with E-state index in [2.05, 4.69) is 26.2 Å². The highest BCUT2D eigenvalue weighted by molar-refractivity contribution is 9.10. The molecule has 19 heavy (non-hydrogen) atoms. The largest absolute Gasteiger partial charge is 0.383 e. The first-order chi connectivity index (χ1) is 9.13. The standard InChI is InChI=1S/C14H15BrFN3/c1-2-18-13(10-4-3-7-19-14(10)17)11-8-9(16)5-6-12(11)15/h3-8,13,18H,2H2,1H3,(H2,17,19). The van der Waals surface area contributed by atoms with Crippen LogP contribution in [0.5, 0.6) is 0 Å². The van der Waals surface area contributed by atoms with Crippen molar-refractivity contribution in [3.63, 3.8) is 0 Å². The summed E-state index contributed by atoms with van der Waals surface area (Å²) in [5.74, 6) is 0.174. The molecule has 100 valence electrons. The van der Waals surface area contributed by atoms with E-state index in [-0.39, 0.29) is 11.9 Å². The zero-order valence-corrected chi connectivity index (χ0v) is 12.1. The third-order valence-electron chi connectivity index (χ3n) is 2.86. The van der Waals surface area contributed by atoms with Crippen LogP contribution >= 0.6 is 15.9 Å². The quantitative estimate of drug-likeness (QED) is 0.908. The SMILES string of the molecule is CCNC(c1cc(F)ccc1Br)c1cccnc1N. The fourth-order valence-corrected chi connectivity index (χ4v) is 2.48. The highest BCUT2D eigenvalue weighted by Gasteiger charge is 2.19. The van der Waals surface area contributed by atoms with Crippen molar-refractivity contribution in [2.75, 3.05) is 12.3 Å². The Kier molecular flexibility index (Phi) is 4.50. The summed E-state index contributed by atoms with van der Waals surface area (Å²) in [6.07, 6.45) is 1.64. The molecule has 1 heterocycles. The normalized spacial score (nSPS) is 12.4. The van der Waals surface area contributed by atoms with Crippen LogP contribution in [-0.2, 0) is 0 Å². The fourth-order valence-electron chi connectivity index (χ4n) is 2.00. The van der Waals surface area contributed by atoms with Crippen LogP contribution in [0.25, 0.3) is 0 Å². The molecule has 0 bridgehead atoms. The van der Waals surface area contributed by atoms with E-state index in [1.54, 1.807) is 12.3 Å². The lowest BCUT2D eigenvalue weighted by Gasteiger charge is -2.21. The minimum atomic E-state index is -0.274. The van der Waals surface area contributed by atoms with Crippen LogP contribution in [0.1, 0.15) is 24.1 Å². The molecular weight excluding hydrogens is 309 g/mol. The molecule has 0 aliphatic carbocycles. The Hall–Kier alpha value is -1.46. The van der Waals surface area contributed by atoms with Crippen LogP contribution in [0.15, 0.2) is 41.0 Å². The molecule has 0 radical (unpaired) electrons. The molecule has 3 nitrogen and oxygen atoms in total. The predicted octanol–water partition coefficient (Wildman–Crippen LogP) is 3.26. The van der Waals surface area contributed by atoms with Crippen LogP contribution in [0.2, 0.25) is 0 Å². The second-order valence-corrected chi connectivity index (χ2v) is 4.99. The average Bonchev–Trinajstić information content (AvgIpc) is 2.40. The molecule has 0 amide bonds. The number of nitrogens with one attached hydrogen (secondary N) is 1. The Bertz CT molecular complexity index is 574. The van der Waals surface area contributed by atoms with Crippen molar-refractivity contribution < 1.29 is 4.39 Å². The first kappa shape index (κ1) is 14.0. The van der Waals surface area contributed by atoms with Crippen LogP contribution in [0.3, 0.4) is 0 Å². The number of nitrogen functional groups attached to an aromatic ring is 1. The van der Waals surface area contributed by atoms with Crippen molar-refractivity contribution in [2.24, 2.45) is 0 Å². The number of rotatable bonds is 4. The molecule has 0 saturated carbocycles. The fraction of sp³-hybridized carbons (Fsp3) is 0.214. The molecule has 0 aliphatic rings. The van der Waals surface area contributed by atoms with E-state index in [9.17, 15) is 4.39 Å². The number of anilines is 1.